The highest BCUT2D eigenvalue weighted by molar-refractivity contribution is 6.32. The van der Waals surface area contributed by atoms with Gasteiger partial charge in [-0.2, -0.15) is 0 Å². The third kappa shape index (κ3) is 4.96. The third-order valence-corrected chi connectivity index (χ3v) is 3.69. The van der Waals surface area contributed by atoms with Gasteiger partial charge < -0.3 is 24.8 Å². The summed E-state index contributed by atoms with van der Waals surface area (Å²) in [5.74, 6) is 0.776. The topological polar surface area (TPSA) is 94.6 Å². The Morgan fingerprint density at radius 2 is 1.85 bits per heavy atom. The van der Waals surface area contributed by atoms with Crippen molar-refractivity contribution in [3.05, 3.63) is 34.6 Å². The molecule has 1 amide bonds. The van der Waals surface area contributed by atoms with Crippen molar-refractivity contribution in [2.75, 3.05) is 45.1 Å². The van der Waals surface area contributed by atoms with E-state index in [1.54, 1.807) is 32.2 Å². The number of hydrogen-bond donors (Lipinski definition) is 2. The minimum Gasteiger partial charge on any atom is -0.495 e. The molecule has 1 aromatic carbocycles. The number of carbonyl (C=O) groups is 1. The van der Waals surface area contributed by atoms with Crippen LogP contribution in [0.2, 0.25) is 5.02 Å². The zero-order valence-corrected chi connectivity index (χ0v) is 15.8. The monoisotopic (exact) mass is 380 g/mol. The first kappa shape index (κ1) is 19.7. The van der Waals surface area contributed by atoms with Crippen LogP contribution in [0.1, 0.15) is 16.2 Å². The summed E-state index contributed by atoms with van der Waals surface area (Å²) in [7, 11) is 4.58. The zero-order valence-electron chi connectivity index (χ0n) is 15.1. The Hall–Kier alpha value is -2.58. The molecule has 0 aliphatic rings. The van der Waals surface area contributed by atoms with E-state index in [0.717, 1.165) is 0 Å². The van der Waals surface area contributed by atoms with Crippen molar-refractivity contribution < 1.29 is 19.0 Å². The number of anilines is 2. The third-order valence-electron chi connectivity index (χ3n) is 3.40. The van der Waals surface area contributed by atoms with E-state index in [1.165, 1.54) is 14.2 Å². The molecular formula is C17H21ClN4O4. The van der Waals surface area contributed by atoms with E-state index in [9.17, 15) is 4.79 Å². The number of benzene rings is 1. The number of aromatic nitrogens is 2. The fourth-order valence-corrected chi connectivity index (χ4v) is 2.40. The molecule has 8 nitrogen and oxygen atoms in total. The predicted octanol–water partition coefficient (Wildman–Crippen LogP) is 2.77. The van der Waals surface area contributed by atoms with Gasteiger partial charge in [0.1, 0.15) is 17.2 Å². The summed E-state index contributed by atoms with van der Waals surface area (Å²) in [5.41, 5.74) is 1.29. The number of aryl methyl sites for hydroxylation is 1. The number of hydrogen-bond acceptors (Lipinski definition) is 7. The number of nitrogens with zero attached hydrogens (tertiary/aromatic N) is 2. The predicted molar refractivity (Wildman–Crippen MR) is 99.6 cm³/mol. The van der Waals surface area contributed by atoms with Crippen LogP contribution in [-0.2, 0) is 4.74 Å². The van der Waals surface area contributed by atoms with E-state index in [-0.39, 0.29) is 5.69 Å². The van der Waals surface area contributed by atoms with E-state index >= 15 is 0 Å². The van der Waals surface area contributed by atoms with E-state index in [1.807, 2.05) is 0 Å². The minimum atomic E-state index is -0.409. The molecule has 9 heteroatoms. The van der Waals surface area contributed by atoms with Crippen LogP contribution in [-0.4, -0.2) is 50.4 Å². The standard InChI is InChI=1S/C17H21ClN4O4/c1-10-7-13(22-17(20-10)19-5-6-24-2)16(23)21-12-9-14(25-3)11(18)8-15(12)26-4/h7-9H,5-6H2,1-4H3,(H,21,23)(H,19,20,22). The van der Waals surface area contributed by atoms with Crippen molar-refractivity contribution in [1.29, 1.82) is 0 Å². The molecule has 0 aliphatic heterocycles. The van der Waals surface area contributed by atoms with Crippen LogP contribution in [0, 0.1) is 6.92 Å². The van der Waals surface area contributed by atoms with Crippen molar-refractivity contribution >= 4 is 29.1 Å². The lowest BCUT2D eigenvalue weighted by Gasteiger charge is -2.13. The zero-order chi connectivity index (χ0) is 19.1. The van der Waals surface area contributed by atoms with Crippen LogP contribution in [0.5, 0.6) is 11.5 Å². The molecule has 140 valence electrons. The number of nitrogens with one attached hydrogen (secondary N) is 2. The van der Waals surface area contributed by atoms with Gasteiger partial charge in [0.15, 0.2) is 0 Å². The molecule has 26 heavy (non-hydrogen) atoms. The van der Waals surface area contributed by atoms with Gasteiger partial charge in [0.05, 0.1) is 31.5 Å². The van der Waals surface area contributed by atoms with Crippen LogP contribution < -0.4 is 20.1 Å². The first-order valence-corrected chi connectivity index (χ1v) is 8.17. The quantitative estimate of drug-likeness (QED) is 0.680. The first-order chi connectivity index (χ1) is 12.5. The second kappa shape index (κ2) is 9.21. The summed E-state index contributed by atoms with van der Waals surface area (Å²) in [6, 6.07) is 4.75. The molecule has 2 aromatic rings. The fourth-order valence-electron chi connectivity index (χ4n) is 2.17. The van der Waals surface area contributed by atoms with E-state index < -0.39 is 5.91 Å². The maximum Gasteiger partial charge on any atom is 0.274 e. The van der Waals surface area contributed by atoms with Crippen LogP contribution in [0.3, 0.4) is 0 Å². The molecule has 0 bridgehead atoms. The molecule has 0 spiro atoms. The normalized spacial score (nSPS) is 10.3. The number of ether oxygens (including phenoxy) is 3. The number of methoxy groups -OCH3 is 3. The van der Waals surface area contributed by atoms with Gasteiger partial charge >= 0.3 is 0 Å². The second-order valence-corrected chi connectivity index (χ2v) is 5.69. The van der Waals surface area contributed by atoms with Gasteiger partial charge in [-0.1, -0.05) is 11.6 Å². The lowest BCUT2D eigenvalue weighted by Crippen LogP contribution is -2.17. The Labute approximate surface area is 156 Å². The number of rotatable bonds is 8. The van der Waals surface area contributed by atoms with E-state index in [0.29, 0.717) is 47.0 Å². The van der Waals surface area contributed by atoms with E-state index in [2.05, 4.69) is 20.6 Å². The smallest absolute Gasteiger partial charge is 0.274 e. The van der Waals surface area contributed by atoms with Crippen molar-refractivity contribution in [2.24, 2.45) is 0 Å². The summed E-state index contributed by atoms with van der Waals surface area (Å²) in [6.07, 6.45) is 0. The molecule has 0 saturated carbocycles. The van der Waals surface area contributed by atoms with Gasteiger partial charge in [0.2, 0.25) is 5.95 Å². The largest absolute Gasteiger partial charge is 0.495 e. The molecule has 0 atom stereocenters. The summed E-state index contributed by atoms with van der Waals surface area (Å²) < 4.78 is 15.4. The lowest BCUT2D eigenvalue weighted by molar-refractivity contribution is 0.102. The van der Waals surface area contributed by atoms with Crippen LogP contribution in [0.25, 0.3) is 0 Å². The highest BCUT2D eigenvalue weighted by atomic mass is 35.5. The van der Waals surface area contributed by atoms with Gasteiger partial charge in [0, 0.05) is 31.5 Å². The molecule has 0 saturated heterocycles. The second-order valence-electron chi connectivity index (χ2n) is 5.28. The Morgan fingerprint density at radius 1 is 1.12 bits per heavy atom. The highest BCUT2D eigenvalue weighted by Crippen LogP contribution is 2.36. The summed E-state index contributed by atoms with van der Waals surface area (Å²) >= 11 is 6.08. The summed E-state index contributed by atoms with van der Waals surface area (Å²) in [4.78, 5) is 21.1. The van der Waals surface area contributed by atoms with Crippen LogP contribution in [0.4, 0.5) is 11.6 Å². The molecule has 0 unspecified atom stereocenters. The molecule has 1 aromatic heterocycles. The Kier molecular flexibility index (Phi) is 6.99. The molecular weight excluding hydrogens is 360 g/mol. The molecule has 0 radical (unpaired) electrons. The SMILES string of the molecule is COCCNc1nc(C)cc(C(=O)Nc2cc(OC)c(Cl)cc2OC)n1. The fraction of sp³-hybridized carbons (Fsp3) is 0.353. The Bertz CT molecular complexity index is 786. The van der Waals surface area contributed by atoms with Gasteiger partial charge in [0.25, 0.3) is 5.91 Å². The summed E-state index contributed by atoms with van der Waals surface area (Å²) in [6.45, 7) is 2.82. The number of halogens is 1. The highest BCUT2D eigenvalue weighted by Gasteiger charge is 2.16. The van der Waals surface area contributed by atoms with Gasteiger partial charge in [-0.05, 0) is 13.0 Å². The first-order valence-electron chi connectivity index (χ1n) is 7.79. The van der Waals surface area contributed by atoms with Crippen molar-refractivity contribution in [3.8, 4) is 11.5 Å². The van der Waals surface area contributed by atoms with Crippen molar-refractivity contribution in [2.45, 2.75) is 6.92 Å². The average molecular weight is 381 g/mol. The van der Waals surface area contributed by atoms with Crippen LogP contribution >= 0.6 is 11.6 Å². The molecule has 0 fully saturated rings. The molecule has 1 heterocycles. The maximum atomic E-state index is 12.6. The number of amides is 1. The lowest BCUT2D eigenvalue weighted by atomic mass is 10.2. The summed E-state index contributed by atoms with van der Waals surface area (Å²) in [5, 5.41) is 6.14. The van der Waals surface area contributed by atoms with Gasteiger partial charge in [-0.3, -0.25) is 4.79 Å². The average Bonchev–Trinajstić information content (AvgIpc) is 2.62. The minimum absolute atomic E-state index is 0.216. The number of carbonyl (C=O) groups excluding carboxylic acids is 1. The Balaban J connectivity index is 2.24. The molecule has 2 rings (SSSR count). The maximum absolute atomic E-state index is 12.6. The van der Waals surface area contributed by atoms with Gasteiger partial charge in [-0.25, -0.2) is 9.97 Å². The van der Waals surface area contributed by atoms with Crippen molar-refractivity contribution in [1.82, 2.24) is 9.97 Å². The van der Waals surface area contributed by atoms with Crippen molar-refractivity contribution in [3.63, 3.8) is 0 Å². The van der Waals surface area contributed by atoms with Gasteiger partial charge in [-0.15, -0.1) is 0 Å². The molecule has 2 N–H and O–H groups in total. The van der Waals surface area contributed by atoms with E-state index in [4.69, 9.17) is 25.8 Å². The molecule has 0 aliphatic carbocycles. The van der Waals surface area contributed by atoms with Crippen LogP contribution in [0.15, 0.2) is 18.2 Å². The Morgan fingerprint density at radius 3 is 2.50 bits per heavy atom.